The van der Waals surface area contributed by atoms with Crippen molar-refractivity contribution < 1.29 is 0 Å². The van der Waals surface area contributed by atoms with Gasteiger partial charge in [0, 0.05) is 44.6 Å². The average molecular weight is 1710 g/mol. The number of fused-ring (bicyclic) bond motifs is 21. The number of rotatable bonds is 12. The van der Waals surface area contributed by atoms with Gasteiger partial charge in [0.15, 0.2) is 17.5 Å². The van der Waals surface area contributed by atoms with Crippen LogP contribution in [0.25, 0.3) is 235 Å². The van der Waals surface area contributed by atoms with Crippen molar-refractivity contribution in [2.45, 2.75) is 7.43 Å². The number of benzene rings is 18. The van der Waals surface area contributed by atoms with E-state index in [4.69, 9.17) is 49.8 Å². The normalized spacial score (nSPS) is 11.5. The van der Waals surface area contributed by atoms with E-state index in [2.05, 4.69) is 300 Å². The van der Waals surface area contributed by atoms with Crippen LogP contribution in [0.1, 0.15) is 7.43 Å². The van der Waals surface area contributed by atoms with Gasteiger partial charge in [-0.15, -0.1) is 0 Å². The molecule has 9 heterocycles. The maximum absolute atomic E-state index is 5.20. The lowest BCUT2D eigenvalue weighted by atomic mass is 9.92. The molecule has 133 heavy (non-hydrogen) atoms. The van der Waals surface area contributed by atoms with E-state index in [0.717, 1.165) is 162 Å². The van der Waals surface area contributed by atoms with Crippen molar-refractivity contribution in [2.24, 2.45) is 0 Å². The number of hydrogen-bond acceptors (Lipinski definition) is 10. The summed E-state index contributed by atoms with van der Waals surface area (Å²) >= 11 is 0. The molecule has 0 atom stereocenters. The molecule has 27 rings (SSSR count). The summed E-state index contributed by atoms with van der Waals surface area (Å²) in [5, 5.41) is 7.62. The molecule has 0 spiro atoms. The van der Waals surface area contributed by atoms with Gasteiger partial charge in [-0.05, 0) is 170 Å². The number of aromatic nitrogens is 16. The fraction of sp³-hybridized carbons (Fsp3) is 0.00855. The molecule has 0 unspecified atom stereocenters. The van der Waals surface area contributed by atoms with Crippen LogP contribution in [0.15, 0.2) is 449 Å². The summed E-state index contributed by atoms with van der Waals surface area (Å²) in [6.07, 6.45) is 0. The second-order valence-corrected chi connectivity index (χ2v) is 32.8. The Kier molecular flexibility index (Phi) is 19.3. The maximum atomic E-state index is 5.20. The number of para-hydroxylation sites is 8. The third kappa shape index (κ3) is 13.8. The highest BCUT2D eigenvalue weighted by molar-refractivity contribution is 6.26. The minimum atomic E-state index is 0. The lowest BCUT2D eigenvalue weighted by Gasteiger charge is -2.12. The van der Waals surface area contributed by atoms with E-state index in [-0.39, 0.29) is 7.43 Å². The van der Waals surface area contributed by atoms with Crippen LogP contribution >= 0.6 is 0 Å². The molecule has 16 nitrogen and oxygen atoms in total. The van der Waals surface area contributed by atoms with E-state index in [9.17, 15) is 0 Å². The van der Waals surface area contributed by atoms with Gasteiger partial charge in [0.25, 0.3) is 0 Å². The quantitative estimate of drug-likeness (QED) is 0.108. The Balaban J connectivity index is 0.000000114. The highest BCUT2D eigenvalue weighted by Gasteiger charge is 2.26. The Morgan fingerprint density at radius 3 is 0.812 bits per heavy atom. The largest absolute Gasteiger partial charge is 0.278 e. The first-order valence-electron chi connectivity index (χ1n) is 44.0. The highest BCUT2D eigenvalue weighted by atomic mass is 15.3. The zero-order valence-corrected chi connectivity index (χ0v) is 70.9. The summed E-state index contributed by atoms with van der Waals surface area (Å²) in [7, 11) is 0. The van der Waals surface area contributed by atoms with Crippen molar-refractivity contribution in [3.05, 3.63) is 449 Å². The van der Waals surface area contributed by atoms with Gasteiger partial charge in [0.05, 0.1) is 89.0 Å². The van der Waals surface area contributed by atoms with Gasteiger partial charge < -0.3 is 0 Å². The van der Waals surface area contributed by atoms with E-state index >= 15 is 0 Å². The standard InChI is InChI=1S/C52H32N6.C35H23N5.C29H19N5.CH4/c1-3-13-33(14-4-1)49-54-50(34-15-5-2-6-16-34)56-51(55-49)35-23-27-38(28-24-35)57-47-30-26-37(32-48(47)58-46-22-12-11-21-45(46)53-52(57)58)36-25-29-43-41-19-8-7-17-39(41)40-18-9-10-20-42(40)44(43)31-36;1-4-12-24(13-5-1)27-20-21-32-33(22-27)39-31-19-11-10-18-28(31)38-35(39)40(32)34-36-29(25-14-6-2-7-15-25)23-30(37-34)26-16-8-3-9-17-26;1-3-11-20(12-4-1)23-19-24(21-13-5-2-6-14-21)31-28(30-23)34-27-18-10-9-17-26(27)33-25-16-8-7-15-22(25)32-29(33)34;/h1-32H;1-23H;1-19H;1H4. The molecule has 0 N–H and O–H groups in total. The second kappa shape index (κ2) is 32.9. The maximum Gasteiger partial charge on any atom is 0.238 e. The number of imidazole rings is 6. The molecular weight excluding hydrogens is 1630 g/mol. The van der Waals surface area contributed by atoms with Gasteiger partial charge in [-0.25, -0.2) is 59.0 Å². The Labute approximate surface area is 763 Å². The molecule has 0 amide bonds. The first-order valence-corrected chi connectivity index (χ1v) is 44.0. The molecule has 9 aromatic heterocycles. The van der Waals surface area contributed by atoms with Gasteiger partial charge in [-0.3, -0.25) is 17.8 Å². The topological polar surface area (TPSA) is 157 Å². The lowest BCUT2D eigenvalue weighted by Crippen LogP contribution is -2.04. The van der Waals surface area contributed by atoms with Crippen LogP contribution < -0.4 is 0 Å². The van der Waals surface area contributed by atoms with E-state index in [0.29, 0.717) is 29.4 Å². The molecule has 0 radical (unpaired) electrons. The molecule has 0 aliphatic heterocycles. The number of hydrogen-bond donors (Lipinski definition) is 0. The number of nitrogens with zero attached hydrogens (tertiary/aromatic N) is 16. The fourth-order valence-electron chi connectivity index (χ4n) is 18.7. The first-order chi connectivity index (χ1) is 65.4. The van der Waals surface area contributed by atoms with Crippen LogP contribution in [0.2, 0.25) is 0 Å². The average Bonchev–Trinajstić information content (AvgIpc) is 1.60. The van der Waals surface area contributed by atoms with Crippen molar-refractivity contribution in [1.82, 2.24) is 76.7 Å². The second-order valence-electron chi connectivity index (χ2n) is 32.8. The smallest absolute Gasteiger partial charge is 0.238 e. The summed E-state index contributed by atoms with van der Waals surface area (Å²) in [5.74, 6) is 5.52. The van der Waals surface area contributed by atoms with Gasteiger partial charge >= 0.3 is 0 Å². The predicted molar refractivity (Wildman–Crippen MR) is 541 cm³/mol. The fourth-order valence-corrected chi connectivity index (χ4v) is 18.7. The van der Waals surface area contributed by atoms with Crippen LogP contribution in [0.4, 0.5) is 0 Å². The van der Waals surface area contributed by atoms with Gasteiger partial charge in [-0.1, -0.05) is 341 Å². The van der Waals surface area contributed by atoms with Gasteiger partial charge in [0.2, 0.25) is 29.2 Å². The van der Waals surface area contributed by atoms with Crippen molar-refractivity contribution in [1.29, 1.82) is 0 Å². The monoisotopic (exact) mass is 1710 g/mol. The first kappa shape index (κ1) is 78.2. The molecule has 27 aromatic rings. The van der Waals surface area contributed by atoms with E-state index in [1.807, 2.05) is 176 Å². The Morgan fingerprint density at radius 2 is 0.414 bits per heavy atom. The summed E-state index contributed by atoms with van der Waals surface area (Å²) in [5.41, 5.74) is 28.4. The van der Waals surface area contributed by atoms with Crippen molar-refractivity contribution in [3.63, 3.8) is 0 Å². The highest BCUT2D eigenvalue weighted by Crippen LogP contribution is 2.42. The van der Waals surface area contributed by atoms with Crippen molar-refractivity contribution in [2.75, 3.05) is 0 Å². The molecule has 0 aliphatic carbocycles. The summed E-state index contributed by atoms with van der Waals surface area (Å²) in [4.78, 5) is 50.4. The minimum absolute atomic E-state index is 0. The molecule has 0 saturated carbocycles. The molecule has 0 bridgehead atoms. The Morgan fingerprint density at radius 1 is 0.150 bits per heavy atom. The van der Waals surface area contributed by atoms with E-state index in [1.54, 1.807) is 0 Å². The zero-order valence-electron chi connectivity index (χ0n) is 70.9. The summed E-state index contributed by atoms with van der Waals surface area (Å²) in [6.45, 7) is 0. The third-order valence-corrected chi connectivity index (χ3v) is 24.9. The molecule has 16 heteroatoms. The molecule has 0 saturated heterocycles. The summed E-state index contributed by atoms with van der Waals surface area (Å²) in [6, 6.07) is 155. The zero-order chi connectivity index (χ0) is 87.1. The van der Waals surface area contributed by atoms with Crippen molar-refractivity contribution in [3.8, 4) is 119 Å². The van der Waals surface area contributed by atoms with Crippen LogP contribution in [0.3, 0.4) is 0 Å². The molecular formula is C117H78N16. The SMILES string of the molecule is C.c1ccc(-c2cc(-c3ccccc3)nc(-n3c4ccccc4n4c5ccccc5nc34)n2)cc1.c1ccc(-c2ccc3c(c2)n2c4ccccc4nc2n3-c2nc(-c3ccccc3)cc(-c3ccccc3)n2)cc1.c1ccc(-c2nc(-c3ccccc3)nc(-c3ccc(-n4c5ccc(-c6ccc7c8ccccc8c8ccccc8c7c6)cc5n5c6ccccc6nc45)cc3)n2)cc1. The van der Waals surface area contributed by atoms with E-state index < -0.39 is 0 Å². The van der Waals surface area contributed by atoms with E-state index in [1.165, 1.54) is 43.4 Å². The molecule has 0 fully saturated rings. The molecule has 0 aliphatic rings. The van der Waals surface area contributed by atoms with Crippen LogP contribution in [-0.2, 0) is 0 Å². The van der Waals surface area contributed by atoms with Crippen LogP contribution in [0, 0.1) is 0 Å². The Hall–Kier alpha value is -18.3. The van der Waals surface area contributed by atoms with Crippen molar-refractivity contribution >= 4 is 116 Å². The van der Waals surface area contributed by atoms with Gasteiger partial charge in [-0.2, -0.15) is 0 Å². The lowest BCUT2D eigenvalue weighted by molar-refractivity contribution is 0.971. The predicted octanol–water partition coefficient (Wildman–Crippen LogP) is 28.2. The van der Waals surface area contributed by atoms with Gasteiger partial charge in [0.1, 0.15) is 0 Å². The van der Waals surface area contributed by atoms with Crippen LogP contribution in [-0.4, -0.2) is 76.7 Å². The Bertz CT molecular complexity index is 8920. The summed E-state index contributed by atoms with van der Waals surface area (Å²) < 4.78 is 13.1. The minimum Gasteiger partial charge on any atom is -0.278 e. The van der Waals surface area contributed by atoms with Crippen LogP contribution in [0.5, 0.6) is 0 Å². The molecule has 18 aromatic carbocycles. The third-order valence-electron chi connectivity index (χ3n) is 24.9. The molecule has 626 valence electrons.